The minimum absolute atomic E-state index is 0.166. The molecule has 0 unspecified atom stereocenters. The van der Waals surface area contributed by atoms with Gasteiger partial charge in [0, 0.05) is 16.2 Å². The van der Waals surface area contributed by atoms with E-state index in [0.717, 1.165) is 43.6 Å². The second kappa shape index (κ2) is 9.44. The molecule has 0 saturated heterocycles. The van der Waals surface area contributed by atoms with E-state index in [0.29, 0.717) is 27.7 Å². The number of furan rings is 1. The molecule has 1 heteroatoms. The van der Waals surface area contributed by atoms with E-state index in [1.54, 1.807) is 0 Å². The lowest BCUT2D eigenvalue weighted by Crippen LogP contribution is -1.90. The highest BCUT2D eigenvalue weighted by Crippen LogP contribution is 2.45. The summed E-state index contributed by atoms with van der Waals surface area (Å²) >= 11 is 0. The molecule has 200 valence electrons. The first-order valence-corrected chi connectivity index (χ1v) is 14.4. The lowest BCUT2D eigenvalue weighted by atomic mass is 9.85. The van der Waals surface area contributed by atoms with Gasteiger partial charge >= 0.3 is 0 Å². The number of rotatable bonds is 3. The van der Waals surface area contributed by atoms with E-state index in [2.05, 4.69) is 78.9 Å². The Labute approximate surface area is 256 Å². The van der Waals surface area contributed by atoms with E-state index in [1.165, 1.54) is 5.56 Å². The molecular formula is C42H26O. The van der Waals surface area contributed by atoms with Crippen molar-refractivity contribution in [3.63, 3.8) is 0 Å². The maximum Gasteiger partial charge on any atom is 0.143 e. The van der Waals surface area contributed by atoms with Crippen molar-refractivity contribution in [2.75, 3.05) is 0 Å². The maximum atomic E-state index is 9.60. The van der Waals surface area contributed by atoms with Gasteiger partial charge < -0.3 is 4.42 Å². The van der Waals surface area contributed by atoms with Gasteiger partial charge in [-0.3, -0.25) is 0 Å². The molecule has 0 radical (unpaired) electrons. The van der Waals surface area contributed by atoms with Gasteiger partial charge in [-0.25, -0.2) is 0 Å². The SMILES string of the molecule is [2H]c1c([2H])c([2H])c2c(c1[2H])c(-c1ccccc1)c([2H])c1c3cc(-c4c5ccccc5c(-c5ccccc5)c5ccccc45)ccc3oc21. The van der Waals surface area contributed by atoms with Crippen molar-refractivity contribution in [3.05, 3.63) is 158 Å². The lowest BCUT2D eigenvalue weighted by Gasteiger charge is -2.17. The molecule has 9 rings (SSSR count). The van der Waals surface area contributed by atoms with Gasteiger partial charge in [0.25, 0.3) is 0 Å². The van der Waals surface area contributed by atoms with Gasteiger partial charge in [0.15, 0.2) is 0 Å². The third-order valence-electron chi connectivity index (χ3n) is 8.45. The molecule has 8 aromatic carbocycles. The Morgan fingerprint density at radius 2 is 0.953 bits per heavy atom. The summed E-state index contributed by atoms with van der Waals surface area (Å²) in [6.07, 6.45) is 0. The minimum atomic E-state index is -0.334. The monoisotopic (exact) mass is 551 g/mol. The van der Waals surface area contributed by atoms with Crippen LogP contribution in [-0.2, 0) is 0 Å². The van der Waals surface area contributed by atoms with Crippen molar-refractivity contribution in [1.82, 2.24) is 0 Å². The normalized spacial score (nSPS) is 13.3. The Balaban J connectivity index is 1.43. The highest BCUT2D eigenvalue weighted by Gasteiger charge is 2.19. The van der Waals surface area contributed by atoms with Crippen molar-refractivity contribution in [2.45, 2.75) is 0 Å². The van der Waals surface area contributed by atoms with Crippen LogP contribution in [0.15, 0.2) is 162 Å². The average Bonchev–Trinajstić information content (AvgIpc) is 3.51. The van der Waals surface area contributed by atoms with Crippen LogP contribution >= 0.6 is 0 Å². The van der Waals surface area contributed by atoms with Crippen LogP contribution in [0, 0.1) is 0 Å². The number of hydrogen-bond donors (Lipinski definition) is 0. The quantitative estimate of drug-likeness (QED) is 0.199. The highest BCUT2D eigenvalue weighted by atomic mass is 16.3. The van der Waals surface area contributed by atoms with Gasteiger partial charge in [-0.2, -0.15) is 0 Å². The molecule has 0 aliphatic heterocycles. The molecule has 1 aromatic heterocycles. The zero-order valence-corrected chi connectivity index (χ0v) is 23.0. The topological polar surface area (TPSA) is 13.1 Å². The zero-order chi connectivity index (χ0) is 32.7. The third kappa shape index (κ3) is 3.65. The van der Waals surface area contributed by atoms with E-state index < -0.39 is 0 Å². The van der Waals surface area contributed by atoms with Crippen LogP contribution in [0.2, 0.25) is 0 Å². The summed E-state index contributed by atoms with van der Waals surface area (Å²) in [5.41, 5.74) is 6.39. The second-order valence-electron chi connectivity index (χ2n) is 10.8. The smallest absolute Gasteiger partial charge is 0.143 e. The summed E-state index contributed by atoms with van der Waals surface area (Å²) < 4.78 is 50.8. The van der Waals surface area contributed by atoms with Crippen LogP contribution < -0.4 is 0 Å². The van der Waals surface area contributed by atoms with Crippen LogP contribution in [0.3, 0.4) is 0 Å². The number of fused-ring (bicyclic) bond motifs is 7. The molecule has 1 heterocycles. The van der Waals surface area contributed by atoms with Gasteiger partial charge in [0.05, 0.1) is 6.85 Å². The van der Waals surface area contributed by atoms with E-state index >= 15 is 0 Å². The fraction of sp³-hybridized carbons (Fsp3) is 0. The van der Waals surface area contributed by atoms with Gasteiger partial charge in [-0.1, -0.05) is 139 Å². The lowest BCUT2D eigenvalue weighted by molar-refractivity contribution is 0.673. The second-order valence-corrected chi connectivity index (χ2v) is 10.8. The van der Waals surface area contributed by atoms with Gasteiger partial charge in [0.1, 0.15) is 11.2 Å². The first-order chi connectivity index (χ1) is 23.4. The summed E-state index contributed by atoms with van der Waals surface area (Å²) in [5.74, 6) is 0. The molecule has 0 atom stereocenters. The summed E-state index contributed by atoms with van der Waals surface area (Å²) in [7, 11) is 0. The number of benzene rings is 8. The van der Waals surface area contributed by atoms with Crippen LogP contribution in [-0.4, -0.2) is 0 Å². The molecule has 9 aromatic rings. The predicted octanol–water partition coefficient (Wildman–Crippen LogP) is 12.0. The van der Waals surface area contributed by atoms with E-state index in [-0.39, 0.29) is 41.0 Å². The van der Waals surface area contributed by atoms with E-state index in [4.69, 9.17) is 9.90 Å². The van der Waals surface area contributed by atoms with Gasteiger partial charge in [0.2, 0.25) is 0 Å². The standard InChI is InChI=1S/C42H26O/c1-3-13-27(14-4-1)36-26-38-37-25-29(23-24-39(37)43-42(38)35-22-12-7-17-30(35)36)41-33-20-10-8-18-31(33)40(28-15-5-2-6-16-28)32-19-9-11-21-34(32)41/h1-26H/i7D,12D,17D,22D,26D. The van der Waals surface area contributed by atoms with Crippen LogP contribution in [0.4, 0.5) is 0 Å². The summed E-state index contributed by atoms with van der Waals surface area (Å²) in [6, 6.07) is 42.0. The zero-order valence-electron chi connectivity index (χ0n) is 28.0. The molecule has 43 heavy (non-hydrogen) atoms. The van der Waals surface area contributed by atoms with Crippen molar-refractivity contribution in [3.8, 4) is 33.4 Å². The van der Waals surface area contributed by atoms with Crippen LogP contribution in [0.25, 0.3) is 87.6 Å². The van der Waals surface area contributed by atoms with Crippen molar-refractivity contribution >= 4 is 54.3 Å². The molecule has 0 bridgehead atoms. The number of hydrogen-bond acceptors (Lipinski definition) is 1. The minimum Gasteiger partial charge on any atom is -0.455 e. The predicted molar refractivity (Wildman–Crippen MR) is 183 cm³/mol. The van der Waals surface area contributed by atoms with Crippen LogP contribution in [0.5, 0.6) is 0 Å². The van der Waals surface area contributed by atoms with Gasteiger partial charge in [-0.05, 0) is 78.5 Å². The Bertz CT molecular complexity index is 2710. The Morgan fingerprint density at radius 1 is 0.419 bits per heavy atom. The molecule has 0 spiro atoms. The third-order valence-corrected chi connectivity index (χ3v) is 8.45. The Morgan fingerprint density at radius 3 is 1.58 bits per heavy atom. The molecule has 0 fully saturated rings. The fourth-order valence-electron chi connectivity index (χ4n) is 6.59. The average molecular weight is 552 g/mol. The molecule has 0 aliphatic rings. The first kappa shape index (κ1) is 19.5. The van der Waals surface area contributed by atoms with Crippen LogP contribution in [0.1, 0.15) is 6.85 Å². The molecule has 0 N–H and O–H groups in total. The van der Waals surface area contributed by atoms with Crippen molar-refractivity contribution in [1.29, 1.82) is 0 Å². The Kier molecular flexibility index (Phi) is 4.27. The first-order valence-electron chi connectivity index (χ1n) is 16.9. The fourth-order valence-corrected chi connectivity index (χ4v) is 6.59. The molecule has 0 aliphatic carbocycles. The summed E-state index contributed by atoms with van der Waals surface area (Å²) in [4.78, 5) is 0. The van der Waals surface area contributed by atoms with Gasteiger partial charge in [-0.15, -0.1) is 0 Å². The van der Waals surface area contributed by atoms with E-state index in [1.807, 2.05) is 48.5 Å². The summed E-state index contributed by atoms with van der Waals surface area (Å²) in [6.45, 7) is 0. The largest absolute Gasteiger partial charge is 0.455 e. The highest BCUT2D eigenvalue weighted by molar-refractivity contribution is 6.23. The Hall–Kier alpha value is -5.66. The van der Waals surface area contributed by atoms with Crippen molar-refractivity contribution in [2.24, 2.45) is 0 Å². The summed E-state index contributed by atoms with van der Waals surface area (Å²) in [5, 5.41) is 6.32. The molecule has 0 saturated carbocycles. The molecular weight excluding hydrogens is 520 g/mol. The van der Waals surface area contributed by atoms with Crippen molar-refractivity contribution < 1.29 is 11.3 Å². The maximum absolute atomic E-state index is 9.60. The molecule has 1 nitrogen and oxygen atoms in total. The van der Waals surface area contributed by atoms with E-state index in [9.17, 15) is 1.37 Å². The molecule has 0 amide bonds.